The molecular formula is C95H105Cl3N28O14S2. The number of imidazole rings is 5. The highest BCUT2D eigenvalue weighted by atomic mass is 35.5. The quantitative estimate of drug-likeness (QED) is 0.0306. The Morgan fingerprint density at radius 3 is 1.16 bits per heavy atom. The minimum atomic E-state index is -0.0872. The van der Waals surface area contributed by atoms with Gasteiger partial charge < -0.3 is 107 Å². The lowest BCUT2D eigenvalue weighted by atomic mass is 9.91. The number of aryl methyl sites for hydroxylation is 5. The molecule has 2 aliphatic rings. The van der Waals surface area contributed by atoms with Crippen molar-refractivity contribution in [3.05, 3.63) is 188 Å². The Labute approximate surface area is 838 Å². The SMILES string of the molecule is CC(=O)Cc1cc(Oc2cnc3[nH]c(=S)n(C)c3c2Cl)ccn1.CC(C)(C)c1cc(N)nn1[C@@H]1CCOC1.COc1c(Oc2ccnc(CC(C)=O)c2)cnc2nc(Cl)n(C)c12.COc1c(Oc2ccnc(CC(C)=O)c2)cnc2nc(Nc3cc(C(C)(C)C)n([C@@H]4CCOC4)n3)n(C)c12.COc1c(Oc2ccnc(N)c2)cnc2[nH]c(=S)n(C)c12.COc1c(Oc2ccnc(N)c2)cnc2nc(Cl)n(C)c12. The molecule has 142 heavy (non-hydrogen) atoms. The van der Waals surface area contributed by atoms with Crippen molar-refractivity contribution in [2.75, 3.05) is 77.4 Å². The second-order valence-corrected chi connectivity index (χ2v) is 36.5. The van der Waals surface area contributed by atoms with Gasteiger partial charge in [-0.05, 0) is 112 Å². The van der Waals surface area contributed by atoms with Gasteiger partial charge in [-0.3, -0.25) is 38.7 Å². The first-order valence-electron chi connectivity index (χ1n) is 44.1. The Hall–Kier alpha value is -15.1. The molecule has 17 aromatic heterocycles. The molecule has 19 heterocycles. The maximum atomic E-state index is 11.5. The van der Waals surface area contributed by atoms with Crippen LogP contribution in [0.5, 0.6) is 80.5 Å². The highest BCUT2D eigenvalue weighted by Gasteiger charge is 2.32. The summed E-state index contributed by atoms with van der Waals surface area (Å²) in [6.07, 6.45) is 18.4. The molecule has 42 nitrogen and oxygen atoms in total. The second-order valence-electron chi connectivity index (χ2n) is 34.7. The van der Waals surface area contributed by atoms with E-state index in [1.165, 1.54) is 52.2 Å². The third-order valence-corrected chi connectivity index (χ3v) is 23.7. The highest BCUT2D eigenvalue weighted by molar-refractivity contribution is 7.71. The molecule has 2 aliphatic heterocycles. The van der Waals surface area contributed by atoms with Crippen LogP contribution in [0.25, 0.3) is 55.8 Å². The van der Waals surface area contributed by atoms with Crippen LogP contribution in [0, 0.1) is 9.54 Å². The summed E-state index contributed by atoms with van der Waals surface area (Å²) >= 11 is 28.8. The third-order valence-electron chi connectivity index (χ3n) is 21.9. The number of fused-ring (bicyclic) bond motifs is 5. The van der Waals surface area contributed by atoms with E-state index in [-0.39, 0.29) is 53.5 Å². The molecular weight excluding hydrogens is 1930 g/mol. The lowest BCUT2D eigenvalue weighted by Gasteiger charge is -2.22. The Kier molecular flexibility index (Phi) is 32.3. The summed E-state index contributed by atoms with van der Waals surface area (Å²) in [7, 11) is 15.3. The van der Waals surface area contributed by atoms with E-state index in [9.17, 15) is 14.4 Å². The molecule has 0 aromatic carbocycles. The predicted molar refractivity (Wildman–Crippen MR) is 541 cm³/mol. The molecule has 2 saturated heterocycles. The number of nitrogens with one attached hydrogen (secondary N) is 3. The maximum Gasteiger partial charge on any atom is 0.211 e. The van der Waals surface area contributed by atoms with Crippen LogP contribution in [-0.4, -0.2) is 189 Å². The van der Waals surface area contributed by atoms with E-state index >= 15 is 0 Å². The number of pyridine rings is 10. The largest absolute Gasteiger partial charge is 0.491 e. The summed E-state index contributed by atoms with van der Waals surface area (Å²) in [6, 6.07) is 21.5. The lowest BCUT2D eigenvalue weighted by Crippen LogP contribution is -2.22. The molecule has 9 N–H and O–H groups in total. The Morgan fingerprint density at radius 1 is 0.430 bits per heavy atom. The number of carbonyl (C=O) groups is 3. The van der Waals surface area contributed by atoms with Gasteiger partial charge in [-0.2, -0.15) is 25.1 Å². The molecule has 2 atom stereocenters. The highest BCUT2D eigenvalue weighted by Crippen LogP contribution is 2.44. The number of halogens is 3. The van der Waals surface area contributed by atoms with E-state index in [0.29, 0.717) is 215 Å². The van der Waals surface area contributed by atoms with Crippen molar-refractivity contribution in [2.45, 2.75) is 117 Å². The van der Waals surface area contributed by atoms with E-state index in [4.69, 9.17) is 139 Å². The van der Waals surface area contributed by atoms with Crippen molar-refractivity contribution in [3.8, 4) is 80.5 Å². The van der Waals surface area contributed by atoms with Crippen LogP contribution in [-0.2, 0) is 89.2 Å². The minimum Gasteiger partial charge on any atom is -0.491 e. The van der Waals surface area contributed by atoms with Crippen molar-refractivity contribution in [2.24, 2.45) is 35.2 Å². The molecule has 47 heteroatoms. The number of ketones is 3. The molecule has 0 saturated carbocycles. The number of Topliss-reactive ketones (excluding diaryl/α,β-unsaturated/α-hetero) is 3. The number of hydrogen-bond donors (Lipinski definition) is 6. The summed E-state index contributed by atoms with van der Waals surface area (Å²) < 4.78 is 76.4. The number of hydrogen-bond acceptors (Lipinski definition) is 35. The molecule has 0 spiro atoms. The summed E-state index contributed by atoms with van der Waals surface area (Å²) in [5, 5.41) is 13.7. The van der Waals surface area contributed by atoms with Crippen LogP contribution in [0.1, 0.15) is 116 Å². The fourth-order valence-electron chi connectivity index (χ4n) is 15.2. The van der Waals surface area contributed by atoms with E-state index in [1.807, 2.05) is 29.4 Å². The van der Waals surface area contributed by atoms with Crippen molar-refractivity contribution in [1.82, 2.24) is 117 Å². The van der Waals surface area contributed by atoms with Crippen LogP contribution in [0.3, 0.4) is 0 Å². The smallest absolute Gasteiger partial charge is 0.211 e. The molecule has 742 valence electrons. The predicted octanol–water partition coefficient (Wildman–Crippen LogP) is 17.6. The van der Waals surface area contributed by atoms with Gasteiger partial charge in [-0.1, -0.05) is 53.1 Å². The van der Waals surface area contributed by atoms with Crippen LogP contribution < -0.4 is 65.1 Å². The molecule has 2 fully saturated rings. The summed E-state index contributed by atoms with van der Waals surface area (Å²) in [6.45, 7) is 20.6. The van der Waals surface area contributed by atoms with Gasteiger partial charge in [0.05, 0.1) is 102 Å². The van der Waals surface area contributed by atoms with Gasteiger partial charge in [0.25, 0.3) is 0 Å². The maximum absolute atomic E-state index is 11.5. The minimum absolute atomic E-state index is 0.0289. The van der Waals surface area contributed by atoms with Gasteiger partial charge in [0.15, 0.2) is 95.3 Å². The number of aromatic nitrogens is 24. The van der Waals surface area contributed by atoms with Crippen molar-refractivity contribution < 1.29 is 66.5 Å². The van der Waals surface area contributed by atoms with Gasteiger partial charge >= 0.3 is 0 Å². The molecule has 17 aromatic rings. The van der Waals surface area contributed by atoms with Gasteiger partial charge in [0.1, 0.15) is 96.2 Å². The number of nitrogens with two attached hydrogens (primary N) is 3. The fourth-order valence-corrected chi connectivity index (χ4v) is 16.2. The zero-order chi connectivity index (χ0) is 102. The number of nitrogens with zero attached hydrogens (tertiary/aromatic N) is 22. The van der Waals surface area contributed by atoms with E-state index in [2.05, 4.69) is 132 Å². The number of carbonyl (C=O) groups excluding carboxylic acids is 3. The van der Waals surface area contributed by atoms with Crippen molar-refractivity contribution in [3.63, 3.8) is 0 Å². The van der Waals surface area contributed by atoms with Crippen LogP contribution in [0.2, 0.25) is 15.6 Å². The monoisotopic (exact) mass is 2030 g/mol. The second kappa shape index (κ2) is 44.6. The number of methoxy groups -OCH3 is 4. The zero-order valence-corrected chi connectivity index (χ0v) is 84.9. The van der Waals surface area contributed by atoms with Crippen molar-refractivity contribution >= 4 is 162 Å². The van der Waals surface area contributed by atoms with Gasteiger partial charge in [-0.15, -0.1) is 0 Å². The molecule has 0 unspecified atom stereocenters. The Morgan fingerprint density at radius 2 is 0.775 bits per heavy atom. The van der Waals surface area contributed by atoms with Gasteiger partial charge in [-0.25, -0.2) is 34.9 Å². The third kappa shape index (κ3) is 24.1. The molecule has 0 bridgehead atoms. The number of aromatic amines is 2. The van der Waals surface area contributed by atoms with Crippen molar-refractivity contribution in [1.29, 1.82) is 0 Å². The first-order valence-corrected chi connectivity index (χ1v) is 46.1. The first-order chi connectivity index (χ1) is 67.8. The normalized spacial score (nSPS) is 13.3. The molecule has 0 aliphatic carbocycles. The zero-order valence-electron chi connectivity index (χ0n) is 81.0. The van der Waals surface area contributed by atoms with Gasteiger partial charge in [0, 0.05) is 163 Å². The number of nitrogen functional groups attached to an aromatic ring is 3. The first kappa shape index (κ1) is 103. The van der Waals surface area contributed by atoms with Crippen LogP contribution >= 0.6 is 59.2 Å². The number of anilines is 5. The number of rotatable bonds is 24. The van der Waals surface area contributed by atoms with E-state index in [0.717, 1.165) is 43.9 Å². The fraction of sp³-hybridized carbons (Fsp3) is 0.326. The Bertz CT molecular complexity index is 7640. The molecule has 0 amide bonds. The molecule has 19 rings (SSSR count). The summed E-state index contributed by atoms with van der Waals surface area (Å²) in [5.41, 5.74) is 27.3. The van der Waals surface area contributed by atoms with E-state index < -0.39 is 0 Å². The van der Waals surface area contributed by atoms with Crippen LogP contribution in [0.15, 0.2) is 135 Å². The summed E-state index contributed by atoms with van der Waals surface area (Å²) in [5.74, 6) is 9.59. The Balaban J connectivity index is 0.000000139. The lowest BCUT2D eigenvalue weighted by molar-refractivity contribution is -0.117. The van der Waals surface area contributed by atoms with E-state index in [1.54, 1.807) is 165 Å². The molecule has 0 radical (unpaired) electrons. The average Bonchev–Trinajstić information content (AvgIpc) is 1.61. The van der Waals surface area contributed by atoms with Gasteiger partial charge in [0.2, 0.25) is 16.5 Å². The topological polar surface area (TPSA) is 502 Å². The number of H-pyrrole nitrogens is 2. The standard InChI is InChI=1S/C27H33N7O4.C16H15ClN4O3.C15H13ClN4O2S.C13H12ClN5O2.C13H13N5O2S.C11H19N3O/c1-16(35)11-17-12-19(7-9-28-17)38-20-14-29-25-23(24(20)36-6)33(5)26(31-25)30-22-13-21(27(2,3)4)34(32-22)18-8-10-37-15-18;1-9(22)6-10-7-11(4-5-18-10)24-12-8-19-15-13(14(12)23-3)21(2)16(17)20-15;1-8(21)5-9-6-10(3-4-17-9)22-11-7-18-14-13(12(11)16)20(2)15(23)19-14;1-19-10-11(20-2)8(6-17-12(10)18-13(19)14)21-7-3-4-16-9(15)5-7;1-18-10-11(19-2)8(6-16-12(10)17-13(18)21)20-7-3-4-15-9(14)5-7;1-11(2,3)9-6-10(12)13-14(9)8-4-5-15-7-8/h7,9,12-14,18H,8,10-11,15H2,1-6H3,(H,29,30,31,32);4-5,7-8H,6H2,1-3H3;3-4,6-7H,5H2,1-2H3,(H,18,19,23);3-6H,1-2H3,(H2,15,16);3-6H,1-2H3,(H2,14,15)(H,16,17,21);6,8H,4-5,7H2,1-3H3,(H2,12,13)/t18-;;;;;8-/m1....1/s1. The average molecular weight is 2030 g/mol. The number of ether oxygens (including phenoxy) is 11. The van der Waals surface area contributed by atoms with Crippen LogP contribution in [0.4, 0.5) is 29.2 Å². The summed E-state index contributed by atoms with van der Waals surface area (Å²) in [4.78, 5) is 94.8.